The highest BCUT2D eigenvalue weighted by atomic mass is 19.4. The van der Waals surface area contributed by atoms with Crippen LogP contribution in [0.5, 0.6) is 0 Å². The fraction of sp³-hybridized carbons (Fsp3) is 0.600. The minimum Gasteiger partial charge on any atom is -0.475 e. The number of hydrogen-bond acceptors (Lipinski definition) is 7. The number of nitrogens with zero attached hydrogens (tertiary/aromatic N) is 1. The van der Waals surface area contributed by atoms with Gasteiger partial charge in [0.25, 0.3) is 5.91 Å². The molecule has 11 nitrogen and oxygen atoms in total. The summed E-state index contributed by atoms with van der Waals surface area (Å²) in [5, 5.41) is 20.0. The van der Waals surface area contributed by atoms with E-state index >= 15 is 0 Å². The molecule has 0 bridgehead atoms. The maximum atomic E-state index is 12.5. The third-order valence-corrected chi connectivity index (χ3v) is 3.34. The molecule has 14 heteroatoms. The number of amides is 2. The highest BCUT2D eigenvalue weighted by Crippen LogP contribution is 2.19. The number of alkyl halides is 3. The number of nitrogens with one attached hydrogen (secondary N) is 2. The van der Waals surface area contributed by atoms with Crippen molar-refractivity contribution >= 4 is 23.8 Å². The Morgan fingerprint density at radius 2 is 1.76 bits per heavy atom. The van der Waals surface area contributed by atoms with Crippen molar-refractivity contribution < 1.29 is 47.3 Å². The van der Waals surface area contributed by atoms with Gasteiger partial charge in [0.05, 0.1) is 12.1 Å². The number of ether oxygens (including phenoxy) is 1. The molecule has 1 rings (SSSR count). The quantitative estimate of drug-likeness (QED) is 0.339. The average molecular weight is 428 g/mol. The lowest BCUT2D eigenvalue weighted by Gasteiger charge is -2.36. The molecule has 0 saturated heterocycles. The van der Waals surface area contributed by atoms with Crippen LogP contribution in [0, 0.1) is 0 Å². The molecule has 0 aliphatic carbocycles. The third-order valence-electron chi connectivity index (χ3n) is 3.34. The Balaban J connectivity index is 0.000000956. The molecule has 0 unspecified atom stereocenters. The minimum absolute atomic E-state index is 0.348. The second kappa shape index (κ2) is 11.2. The Kier molecular flexibility index (Phi) is 10.1. The van der Waals surface area contributed by atoms with E-state index in [0.29, 0.717) is 13.1 Å². The van der Waals surface area contributed by atoms with E-state index in [1.54, 1.807) is 6.92 Å². The van der Waals surface area contributed by atoms with Crippen molar-refractivity contribution in [2.75, 3.05) is 13.1 Å². The van der Waals surface area contributed by atoms with Crippen molar-refractivity contribution in [3.05, 3.63) is 11.8 Å². The van der Waals surface area contributed by atoms with Crippen molar-refractivity contribution in [3.8, 4) is 0 Å². The van der Waals surface area contributed by atoms with E-state index in [1.807, 2.05) is 6.92 Å². The van der Waals surface area contributed by atoms with Gasteiger partial charge in [0.2, 0.25) is 17.8 Å². The molecular weight excluding hydrogens is 405 g/mol. The molecule has 2 amide bonds. The molecule has 29 heavy (non-hydrogen) atoms. The van der Waals surface area contributed by atoms with E-state index in [0.717, 1.165) is 0 Å². The maximum Gasteiger partial charge on any atom is 0.490 e. The Hall–Kier alpha value is -2.87. The van der Waals surface area contributed by atoms with Gasteiger partial charge in [0.15, 0.2) is 0 Å². The lowest BCUT2D eigenvalue weighted by atomic mass is 9.98. The first kappa shape index (κ1) is 26.1. The van der Waals surface area contributed by atoms with E-state index < -0.39 is 48.0 Å². The maximum absolute atomic E-state index is 12.5. The molecule has 6 N–H and O–H groups in total. The molecule has 0 fully saturated rings. The van der Waals surface area contributed by atoms with Crippen molar-refractivity contribution in [1.82, 2.24) is 15.8 Å². The van der Waals surface area contributed by atoms with Crippen molar-refractivity contribution in [1.29, 1.82) is 0 Å². The van der Waals surface area contributed by atoms with Gasteiger partial charge in [-0.05, 0) is 13.0 Å². The molecular formula is C15H23F3N4O7. The molecule has 0 radical (unpaired) electrons. The Morgan fingerprint density at radius 1 is 1.24 bits per heavy atom. The largest absolute Gasteiger partial charge is 0.490 e. The summed E-state index contributed by atoms with van der Waals surface area (Å²) >= 11 is 0. The summed E-state index contributed by atoms with van der Waals surface area (Å²) in [5.41, 5.74) is 8.72. The topological polar surface area (TPSA) is 171 Å². The van der Waals surface area contributed by atoms with Crippen molar-refractivity contribution in [3.63, 3.8) is 0 Å². The summed E-state index contributed by atoms with van der Waals surface area (Å²) in [6.45, 7) is 5.71. The van der Waals surface area contributed by atoms with E-state index in [4.69, 9.17) is 25.5 Å². The number of halogens is 3. The summed E-state index contributed by atoms with van der Waals surface area (Å²) in [4.78, 5) is 43.8. The average Bonchev–Trinajstić information content (AvgIpc) is 2.59. The molecule has 0 aromatic rings. The summed E-state index contributed by atoms with van der Waals surface area (Å²) < 4.78 is 37.0. The Morgan fingerprint density at radius 3 is 2.10 bits per heavy atom. The number of carboxylic acid groups (broad SMARTS) is 2. The number of rotatable bonds is 6. The number of aliphatic carboxylic acids is 2. The van der Waals surface area contributed by atoms with Crippen LogP contribution in [0.15, 0.2) is 11.8 Å². The Bertz CT molecular complexity index is 654. The Labute approximate surface area is 163 Å². The zero-order chi connectivity index (χ0) is 22.9. The van der Waals surface area contributed by atoms with Crippen molar-refractivity contribution in [2.24, 2.45) is 5.73 Å². The second-order valence-corrected chi connectivity index (χ2v) is 5.58. The predicted molar refractivity (Wildman–Crippen MR) is 90.9 cm³/mol. The van der Waals surface area contributed by atoms with Gasteiger partial charge in [0.1, 0.15) is 0 Å². The predicted octanol–water partition coefficient (Wildman–Crippen LogP) is -0.808. The van der Waals surface area contributed by atoms with Gasteiger partial charge in [-0.2, -0.15) is 13.2 Å². The summed E-state index contributed by atoms with van der Waals surface area (Å²) in [5.74, 6) is -5.36. The normalized spacial score (nSPS) is 20.9. The summed E-state index contributed by atoms with van der Waals surface area (Å²) in [6, 6.07) is -1.70. The summed E-state index contributed by atoms with van der Waals surface area (Å²) in [7, 11) is 0. The zero-order valence-corrected chi connectivity index (χ0v) is 15.8. The van der Waals surface area contributed by atoms with E-state index in [2.05, 4.69) is 10.7 Å². The zero-order valence-electron chi connectivity index (χ0n) is 15.8. The fourth-order valence-corrected chi connectivity index (χ4v) is 2.15. The van der Waals surface area contributed by atoms with Crippen LogP contribution in [0.3, 0.4) is 0 Å². The van der Waals surface area contributed by atoms with Crippen LogP contribution in [0.1, 0.15) is 20.8 Å². The number of carboxylic acids is 2. The van der Waals surface area contributed by atoms with Crippen LogP contribution in [-0.4, -0.2) is 76.4 Å². The van der Waals surface area contributed by atoms with Gasteiger partial charge in [0, 0.05) is 20.0 Å². The third kappa shape index (κ3) is 8.35. The van der Waals surface area contributed by atoms with Gasteiger partial charge in [-0.1, -0.05) is 6.92 Å². The van der Waals surface area contributed by atoms with Crippen LogP contribution in [0.4, 0.5) is 13.2 Å². The molecule has 0 saturated carbocycles. The van der Waals surface area contributed by atoms with Gasteiger partial charge in [-0.15, -0.1) is 0 Å². The first-order valence-electron chi connectivity index (χ1n) is 8.25. The van der Waals surface area contributed by atoms with Crippen LogP contribution >= 0.6 is 0 Å². The standard InChI is InChI=1S/C13H22N4O5.C2HF3O2/c1-4-15-17(5-2)12(19)11-10(16-7(3)18)8(14)6-9(22-11)13(20)21;3-2(4,5)1(6)7/h6,8,10-11,15H,4-5,14H2,1-3H3,(H,16,18)(H,20,21);(H,6,7)/t8-,10+,11+;/m0./s1. The second-order valence-electron chi connectivity index (χ2n) is 5.58. The number of nitrogens with two attached hydrogens (primary N) is 1. The molecule has 1 aliphatic rings. The van der Waals surface area contributed by atoms with Gasteiger partial charge >= 0.3 is 18.1 Å². The molecule has 1 heterocycles. The van der Waals surface area contributed by atoms with Gasteiger partial charge < -0.3 is 26.0 Å². The monoisotopic (exact) mass is 428 g/mol. The first-order chi connectivity index (χ1) is 13.3. The van der Waals surface area contributed by atoms with Gasteiger partial charge in [-0.25, -0.2) is 15.0 Å². The number of carbonyl (C=O) groups excluding carboxylic acids is 2. The smallest absolute Gasteiger partial charge is 0.475 e. The van der Waals surface area contributed by atoms with Crippen LogP contribution in [-0.2, 0) is 23.9 Å². The van der Waals surface area contributed by atoms with Crippen molar-refractivity contribution in [2.45, 2.75) is 45.1 Å². The summed E-state index contributed by atoms with van der Waals surface area (Å²) in [6.07, 6.45) is -5.12. The molecule has 166 valence electrons. The van der Waals surface area contributed by atoms with E-state index in [9.17, 15) is 27.6 Å². The molecule has 3 atom stereocenters. The van der Waals surface area contributed by atoms with E-state index in [1.165, 1.54) is 18.0 Å². The SMILES string of the molecule is CCNN(CC)C(=O)[C@@H]1OC(C(=O)O)=C[C@H](N)[C@H]1NC(C)=O.O=C(O)C(F)(F)F. The molecule has 0 aromatic carbocycles. The first-order valence-corrected chi connectivity index (χ1v) is 8.25. The van der Waals surface area contributed by atoms with Gasteiger partial charge in [-0.3, -0.25) is 14.6 Å². The number of hydrogen-bond donors (Lipinski definition) is 5. The van der Waals surface area contributed by atoms with Crippen LogP contribution in [0.2, 0.25) is 0 Å². The van der Waals surface area contributed by atoms with Crippen LogP contribution < -0.4 is 16.5 Å². The lowest BCUT2D eigenvalue weighted by molar-refractivity contribution is -0.192. The molecule has 0 spiro atoms. The van der Waals surface area contributed by atoms with E-state index in [-0.39, 0.29) is 5.91 Å². The molecule has 1 aliphatic heterocycles. The fourth-order valence-electron chi connectivity index (χ4n) is 2.15. The number of likely N-dealkylation sites (N-methyl/N-ethyl adjacent to an activating group) is 1. The minimum atomic E-state index is -5.08. The number of carbonyl (C=O) groups is 4. The highest BCUT2D eigenvalue weighted by molar-refractivity contribution is 5.88. The highest BCUT2D eigenvalue weighted by Gasteiger charge is 2.42. The lowest BCUT2D eigenvalue weighted by Crippen LogP contribution is -2.62. The van der Waals surface area contributed by atoms with Crippen LogP contribution in [0.25, 0.3) is 0 Å². The molecule has 0 aromatic heterocycles. The number of hydrazine groups is 1.